The van der Waals surface area contributed by atoms with Gasteiger partial charge in [0.2, 0.25) is 0 Å². The topological polar surface area (TPSA) is 82.5 Å². The number of amides is 2. The second-order valence-corrected chi connectivity index (χ2v) is 5.98. The number of carbonyl (C=O) groups excluding carboxylic acids is 1. The molecule has 2 amide bonds. The molecule has 0 saturated carbocycles. The van der Waals surface area contributed by atoms with Crippen LogP contribution < -0.4 is 5.32 Å². The molecule has 1 aromatic rings. The lowest BCUT2D eigenvalue weighted by Gasteiger charge is -2.39. The van der Waals surface area contributed by atoms with Crippen LogP contribution in [0.4, 0.5) is 10.5 Å². The highest BCUT2D eigenvalue weighted by Gasteiger charge is 2.40. The minimum atomic E-state index is -0.826. The average Bonchev–Trinajstić information content (AvgIpc) is 2.48. The zero-order valence-electron chi connectivity index (χ0n) is 12.4. The Labute approximate surface area is 124 Å². The van der Waals surface area contributed by atoms with Crippen LogP contribution in [-0.2, 0) is 4.79 Å². The maximum absolute atomic E-state index is 12.2. The van der Waals surface area contributed by atoms with Crippen LogP contribution in [0.5, 0.6) is 0 Å². The number of piperidine rings is 1. The fourth-order valence-electron chi connectivity index (χ4n) is 2.56. The summed E-state index contributed by atoms with van der Waals surface area (Å²) in [4.78, 5) is 29.2. The molecule has 1 unspecified atom stereocenters. The van der Waals surface area contributed by atoms with Crippen molar-refractivity contribution in [3.05, 3.63) is 24.5 Å². The lowest BCUT2D eigenvalue weighted by atomic mass is 9.74. The van der Waals surface area contributed by atoms with E-state index in [-0.39, 0.29) is 11.9 Å². The molecule has 1 aliphatic heterocycles. The SMILES string of the molecule is CC(C)(C(=O)O)C1CCCN(C(=O)Nc2cccnc2)C1. The van der Waals surface area contributed by atoms with Crippen LogP contribution in [0.2, 0.25) is 0 Å². The van der Waals surface area contributed by atoms with Crippen LogP contribution in [-0.4, -0.2) is 40.1 Å². The molecule has 2 heterocycles. The van der Waals surface area contributed by atoms with E-state index in [9.17, 15) is 14.7 Å². The van der Waals surface area contributed by atoms with E-state index in [0.29, 0.717) is 18.8 Å². The molecule has 114 valence electrons. The number of pyridine rings is 1. The number of carbonyl (C=O) groups is 2. The molecule has 2 rings (SSSR count). The Balaban J connectivity index is 2.01. The van der Waals surface area contributed by atoms with Crippen molar-refractivity contribution >= 4 is 17.7 Å². The maximum Gasteiger partial charge on any atom is 0.321 e. The summed E-state index contributed by atoms with van der Waals surface area (Å²) in [5, 5.41) is 12.1. The number of aliphatic carboxylic acids is 1. The fraction of sp³-hybridized carbons (Fsp3) is 0.533. The van der Waals surface area contributed by atoms with Crippen molar-refractivity contribution in [3.63, 3.8) is 0 Å². The number of hydrogen-bond acceptors (Lipinski definition) is 3. The van der Waals surface area contributed by atoms with Gasteiger partial charge in [-0.25, -0.2) is 4.79 Å². The molecule has 0 bridgehead atoms. The molecule has 0 aliphatic carbocycles. The van der Waals surface area contributed by atoms with E-state index in [1.165, 1.54) is 0 Å². The number of nitrogens with zero attached hydrogens (tertiary/aromatic N) is 2. The van der Waals surface area contributed by atoms with Gasteiger partial charge in [0.25, 0.3) is 0 Å². The summed E-state index contributed by atoms with van der Waals surface area (Å²) < 4.78 is 0. The Hall–Kier alpha value is -2.11. The van der Waals surface area contributed by atoms with Crippen molar-refractivity contribution < 1.29 is 14.7 Å². The zero-order valence-corrected chi connectivity index (χ0v) is 12.4. The van der Waals surface area contributed by atoms with Gasteiger partial charge in [0.15, 0.2) is 0 Å². The molecule has 1 atom stereocenters. The minimum Gasteiger partial charge on any atom is -0.481 e. The largest absolute Gasteiger partial charge is 0.481 e. The zero-order chi connectivity index (χ0) is 15.5. The number of likely N-dealkylation sites (tertiary alicyclic amines) is 1. The highest BCUT2D eigenvalue weighted by molar-refractivity contribution is 5.89. The van der Waals surface area contributed by atoms with E-state index < -0.39 is 11.4 Å². The molecular formula is C15H21N3O3. The summed E-state index contributed by atoms with van der Waals surface area (Å²) in [5.74, 6) is -0.856. The number of rotatable bonds is 3. The van der Waals surface area contributed by atoms with Gasteiger partial charge in [-0.05, 0) is 44.7 Å². The van der Waals surface area contributed by atoms with Crippen LogP contribution in [0.1, 0.15) is 26.7 Å². The first-order valence-electron chi connectivity index (χ1n) is 7.10. The summed E-state index contributed by atoms with van der Waals surface area (Å²) in [5.41, 5.74) is -0.185. The average molecular weight is 291 g/mol. The molecule has 21 heavy (non-hydrogen) atoms. The number of nitrogens with one attached hydrogen (secondary N) is 1. The molecule has 6 heteroatoms. The van der Waals surface area contributed by atoms with Gasteiger partial charge < -0.3 is 15.3 Å². The molecular weight excluding hydrogens is 270 g/mol. The highest BCUT2D eigenvalue weighted by Crippen LogP contribution is 2.34. The Morgan fingerprint density at radius 3 is 2.86 bits per heavy atom. The van der Waals surface area contributed by atoms with E-state index in [4.69, 9.17) is 0 Å². The Morgan fingerprint density at radius 2 is 2.24 bits per heavy atom. The molecule has 0 aromatic carbocycles. The second kappa shape index (κ2) is 6.11. The number of anilines is 1. The van der Waals surface area contributed by atoms with Gasteiger partial charge in [-0.1, -0.05) is 0 Å². The third-order valence-electron chi connectivity index (χ3n) is 4.19. The van der Waals surface area contributed by atoms with E-state index in [1.54, 1.807) is 43.3 Å². The van der Waals surface area contributed by atoms with Crippen LogP contribution in [0.15, 0.2) is 24.5 Å². The molecule has 0 spiro atoms. The number of carboxylic acids is 1. The first kappa shape index (κ1) is 15.3. The molecule has 1 aliphatic rings. The van der Waals surface area contributed by atoms with Crippen LogP contribution in [0.3, 0.4) is 0 Å². The van der Waals surface area contributed by atoms with E-state index in [2.05, 4.69) is 10.3 Å². The summed E-state index contributed by atoms with van der Waals surface area (Å²) >= 11 is 0. The van der Waals surface area contributed by atoms with E-state index >= 15 is 0 Å². The van der Waals surface area contributed by atoms with E-state index in [1.807, 2.05) is 0 Å². The Kier molecular flexibility index (Phi) is 4.45. The lowest BCUT2D eigenvalue weighted by Crippen LogP contribution is -2.48. The number of hydrogen-bond donors (Lipinski definition) is 2. The number of carboxylic acid groups (broad SMARTS) is 1. The fourth-order valence-corrected chi connectivity index (χ4v) is 2.56. The lowest BCUT2D eigenvalue weighted by molar-refractivity contribution is -0.151. The molecule has 2 N–H and O–H groups in total. The second-order valence-electron chi connectivity index (χ2n) is 5.98. The molecule has 1 saturated heterocycles. The summed E-state index contributed by atoms with van der Waals surface area (Å²) in [7, 11) is 0. The molecule has 0 radical (unpaired) electrons. The van der Waals surface area contributed by atoms with Crippen LogP contribution in [0.25, 0.3) is 0 Å². The van der Waals surface area contributed by atoms with Crippen molar-refractivity contribution in [1.82, 2.24) is 9.88 Å². The van der Waals surface area contributed by atoms with Gasteiger partial charge in [-0.2, -0.15) is 0 Å². The molecule has 6 nitrogen and oxygen atoms in total. The van der Waals surface area contributed by atoms with Gasteiger partial charge in [-0.3, -0.25) is 9.78 Å². The van der Waals surface area contributed by atoms with Crippen molar-refractivity contribution in [3.8, 4) is 0 Å². The summed E-state index contributed by atoms with van der Waals surface area (Å²) in [6.07, 6.45) is 4.88. The summed E-state index contributed by atoms with van der Waals surface area (Å²) in [6, 6.07) is 3.32. The first-order valence-corrected chi connectivity index (χ1v) is 7.10. The Bertz CT molecular complexity index is 516. The quantitative estimate of drug-likeness (QED) is 0.896. The molecule has 1 aromatic heterocycles. The number of aromatic nitrogens is 1. The van der Waals surface area contributed by atoms with E-state index in [0.717, 1.165) is 12.8 Å². The van der Waals surface area contributed by atoms with Gasteiger partial charge in [0.05, 0.1) is 17.3 Å². The van der Waals surface area contributed by atoms with Gasteiger partial charge in [-0.15, -0.1) is 0 Å². The number of urea groups is 1. The predicted octanol–water partition coefficient (Wildman–Crippen LogP) is 2.44. The monoisotopic (exact) mass is 291 g/mol. The highest BCUT2D eigenvalue weighted by atomic mass is 16.4. The maximum atomic E-state index is 12.2. The van der Waals surface area contributed by atoms with Crippen molar-refractivity contribution in [2.45, 2.75) is 26.7 Å². The van der Waals surface area contributed by atoms with Gasteiger partial charge in [0.1, 0.15) is 0 Å². The van der Waals surface area contributed by atoms with Crippen molar-refractivity contribution in [2.75, 3.05) is 18.4 Å². The minimum absolute atomic E-state index is 0.0385. The third kappa shape index (κ3) is 3.51. The van der Waals surface area contributed by atoms with Crippen molar-refractivity contribution in [2.24, 2.45) is 11.3 Å². The van der Waals surface area contributed by atoms with Crippen molar-refractivity contribution in [1.29, 1.82) is 0 Å². The predicted molar refractivity (Wildman–Crippen MR) is 79.0 cm³/mol. The third-order valence-corrected chi connectivity index (χ3v) is 4.19. The smallest absolute Gasteiger partial charge is 0.321 e. The van der Waals surface area contributed by atoms with Crippen LogP contribution in [0, 0.1) is 11.3 Å². The van der Waals surface area contributed by atoms with Crippen LogP contribution >= 0.6 is 0 Å². The summed E-state index contributed by atoms with van der Waals surface area (Å²) in [6.45, 7) is 4.56. The molecule has 1 fully saturated rings. The standard InChI is InChI=1S/C15H21N3O3/c1-15(2,13(19)20)11-5-4-8-18(10-11)14(21)17-12-6-3-7-16-9-12/h3,6-7,9,11H,4-5,8,10H2,1-2H3,(H,17,21)(H,19,20). The first-order chi connectivity index (χ1) is 9.91. The van der Waals surface area contributed by atoms with Gasteiger partial charge in [0, 0.05) is 19.3 Å². The Morgan fingerprint density at radius 1 is 1.48 bits per heavy atom. The van der Waals surface area contributed by atoms with Gasteiger partial charge >= 0.3 is 12.0 Å². The normalized spacial score (nSPS) is 19.1.